The Balaban J connectivity index is 1.40. The number of ketones is 1. The van der Waals surface area contributed by atoms with E-state index in [2.05, 4.69) is 5.32 Å². The van der Waals surface area contributed by atoms with Crippen LogP contribution in [0.2, 0.25) is 18.1 Å². The summed E-state index contributed by atoms with van der Waals surface area (Å²) in [7, 11) is -2.87. The maximum Gasteiger partial charge on any atom is 0.338 e. The Morgan fingerprint density at radius 1 is 0.879 bits per heavy atom. The third kappa shape index (κ3) is 8.16. The van der Waals surface area contributed by atoms with Crippen molar-refractivity contribution in [1.82, 2.24) is 5.32 Å². The van der Waals surface area contributed by atoms with Gasteiger partial charge in [0, 0.05) is 29.7 Å². The second kappa shape index (κ2) is 17.6. The SMILES string of the molecule is CC(=O)O[C@@]12CO[C@@H]1C[C@H](C)[C@@]1(C)C(=O)[C@H](O)C3=C(C)[C@@H](OC(=O)[C@H](O[Si](C)(C)C(C)(C)C)[C@@H](NC(=O)c4ccccc4)c4ccccc4)C[C@@](O)([C@@H](OC(=O)c4ccccc4)[C@H]21)C3(C)C. The molecule has 1 amide bonds. The quantitative estimate of drug-likeness (QED) is 0.0748. The Kier molecular flexibility index (Phi) is 13.0. The number of nitrogens with one attached hydrogen (secondary N) is 1. The number of esters is 3. The first-order valence-electron chi connectivity index (χ1n) is 22.8. The highest BCUT2D eigenvalue weighted by Crippen LogP contribution is 2.65. The molecular formula is C52H65NO12Si. The molecule has 1 saturated heterocycles. The number of ether oxygens (including phenoxy) is 4. The molecule has 3 aromatic rings. The molecule has 0 radical (unpaired) electrons. The van der Waals surface area contributed by atoms with Crippen molar-refractivity contribution in [3.8, 4) is 0 Å². The summed E-state index contributed by atoms with van der Waals surface area (Å²) in [6.07, 6.45) is -7.04. The molecule has 3 N–H and O–H groups in total. The molecule has 1 aliphatic heterocycles. The van der Waals surface area contributed by atoms with E-state index < -0.39 is 113 Å². The average molecular weight is 924 g/mol. The smallest absolute Gasteiger partial charge is 0.338 e. The molecule has 4 aliphatic rings. The monoisotopic (exact) mass is 923 g/mol. The van der Waals surface area contributed by atoms with Crippen molar-refractivity contribution in [2.24, 2.45) is 22.7 Å². The van der Waals surface area contributed by atoms with Crippen LogP contribution in [-0.2, 0) is 37.8 Å². The standard InChI is InChI=1S/C52H65NO12Si/c1-30-27-37-51(29-61-37,64-32(3)54)42-44(63-46(58)35-25-19-14-20-26-35)52(60)28-36(31(2)38(49(52,7)8)40(55)43(56)50(30,42)9)62-47(59)41(65-66(10,11)48(4,5)6)39(33-21-15-12-16-22-33)53-45(57)34-23-17-13-18-24-34/h12-26,30,36-37,39-42,44,55,60H,27-29H2,1-11H3,(H,53,57)/t30-,36-,37+,39-,40+,41+,42-,44-,50+,51-,52+/m0/s1. The van der Waals surface area contributed by atoms with Crippen molar-refractivity contribution in [2.75, 3.05) is 6.61 Å². The van der Waals surface area contributed by atoms with E-state index in [9.17, 15) is 24.6 Å². The van der Waals surface area contributed by atoms with Crippen LogP contribution in [0.5, 0.6) is 0 Å². The molecule has 0 unspecified atom stereocenters. The van der Waals surface area contributed by atoms with Crippen molar-refractivity contribution >= 4 is 37.9 Å². The van der Waals surface area contributed by atoms with Crippen LogP contribution < -0.4 is 5.32 Å². The summed E-state index contributed by atoms with van der Waals surface area (Å²) < 4.78 is 32.4. The van der Waals surface area contributed by atoms with Crippen LogP contribution in [0.25, 0.3) is 0 Å². The fraction of sp³-hybridized carbons (Fsp3) is 0.519. The van der Waals surface area contributed by atoms with Gasteiger partial charge in [-0.3, -0.25) is 14.4 Å². The average Bonchev–Trinajstić information content (AvgIpc) is 3.26. The van der Waals surface area contributed by atoms with E-state index in [0.29, 0.717) is 16.7 Å². The fourth-order valence-corrected chi connectivity index (χ4v) is 12.1. The predicted molar refractivity (Wildman–Crippen MR) is 247 cm³/mol. The molecule has 0 aromatic heterocycles. The lowest BCUT2D eigenvalue weighted by molar-refractivity contribution is -0.340. The van der Waals surface area contributed by atoms with E-state index in [4.69, 9.17) is 23.4 Å². The number of hydrogen-bond acceptors (Lipinski definition) is 12. The molecular weight excluding hydrogens is 859 g/mol. The number of rotatable bonds is 11. The van der Waals surface area contributed by atoms with Crippen molar-refractivity contribution in [1.29, 1.82) is 0 Å². The molecule has 3 aromatic carbocycles. The summed E-state index contributed by atoms with van der Waals surface area (Å²) in [5.74, 6) is -5.20. The summed E-state index contributed by atoms with van der Waals surface area (Å²) in [4.78, 5) is 72.3. The van der Waals surface area contributed by atoms with Crippen LogP contribution in [0.4, 0.5) is 0 Å². The van der Waals surface area contributed by atoms with Gasteiger partial charge in [-0.25, -0.2) is 9.59 Å². The Bertz CT molecular complexity index is 2380. The maximum absolute atomic E-state index is 15.4. The van der Waals surface area contributed by atoms with Gasteiger partial charge in [0.1, 0.15) is 30.0 Å². The molecule has 0 spiro atoms. The summed E-state index contributed by atoms with van der Waals surface area (Å²) in [6.45, 7) is 19.6. The first-order chi connectivity index (χ1) is 30.8. The molecule has 66 heavy (non-hydrogen) atoms. The molecule has 11 atom stereocenters. The zero-order chi connectivity index (χ0) is 48.4. The zero-order valence-corrected chi connectivity index (χ0v) is 40.9. The summed E-state index contributed by atoms with van der Waals surface area (Å²) >= 11 is 0. The predicted octanol–water partition coefficient (Wildman–Crippen LogP) is 7.47. The van der Waals surface area contributed by atoms with Crippen LogP contribution in [0.1, 0.15) is 107 Å². The van der Waals surface area contributed by atoms with Crippen molar-refractivity contribution in [2.45, 2.75) is 141 Å². The lowest BCUT2D eigenvalue weighted by Crippen LogP contribution is -2.80. The summed E-state index contributed by atoms with van der Waals surface area (Å²) in [5, 5.41) is 29.1. The van der Waals surface area contributed by atoms with E-state index in [-0.39, 0.29) is 30.6 Å². The second-order valence-electron chi connectivity index (χ2n) is 21.0. The van der Waals surface area contributed by atoms with E-state index in [1.807, 2.05) is 46.9 Å². The zero-order valence-electron chi connectivity index (χ0n) is 39.9. The van der Waals surface area contributed by atoms with Crippen LogP contribution in [-0.4, -0.2) is 96.5 Å². The molecule has 1 heterocycles. The molecule has 3 aliphatic carbocycles. The first kappa shape index (κ1) is 48.9. The van der Waals surface area contributed by atoms with Gasteiger partial charge in [0.25, 0.3) is 5.91 Å². The number of hydrogen-bond donors (Lipinski definition) is 3. The Morgan fingerprint density at radius 2 is 1.44 bits per heavy atom. The number of carbonyl (C=O) groups excluding carboxylic acids is 5. The Morgan fingerprint density at radius 3 is 1.97 bits per heavy atom. The highest BCUT2D eigenvalue weighted by atomic mass is 28.4. The van der Waals surface area contributed by atoms with Gasteiger partial charge in [-0.15, -0.1) is 0 Å². The first-order valence-corrected chi connectivity index (χ1v) is 25.7. The third-order valence-corrected chi connectivity index (χ3v) is 20.3. The van der Waals surface area contributed by atoms with Gasteiger partial charge in [-0.2, -0.15) is 0 Å². The van der Waals surface area contributed by atoms with Gasteiger partial charge in [-0.05, 0) is 78.4 Å². The molecule has 7 rings (SSSR count). The molecule has 3 fully saturated rings. The lowest BCUT2D eigenvalue weighted by Gasteiger charge is -2.68. The van der Waals surface area contributed by atoms with Crippen molar-refractivity contribution in [3.63, 3.8) is 0 Å². The number of fused-ring (bicyclic) bond motifs is 5. The molecule has 2 saturated carbocycles. The van der Waals surface area contributed by atoms with E-state index in [1.54, 1.807) is 113 Å². The minimum atomic E-state index is -2.87. The third-order valence-electron chi connectivity index (χ3n) is 15.9. The minimum absolute atomic E-state index is 0.110. The van der Waals surface area contributed by atoms with Crippen LogP contribution in [0.15, 0.2) is 102 Å². The van der Waals surface area contributed by atoms with Gasteiger partial charge in [0.2, 0.25) is 0 Å². The Labute approximate surface area is 388 Å². The van der Waals surface area contributed by atoms with Gasteiger partial charge in [-0.1, -0.05) is 115 Å². The van der Waals surface area contributed by atoms with Crippen molar-refractivity contribution in [3.05, 3.63) is 119 Å². The molecule has 13 nitrogen and oxygen atoms in total. The normalized spacial score (nSPS) is 31.3. The number of Topliss-reactive ketones (excluding diaryl/α,β-unsaturated/α-hetero) is 1. The van der Waals surface area contributed by atoms with Crippen LogP contribution in [0, 0.1) is 22.7 Å². The van der Waals surface area contributed by atoms with E-state index >= 15 is 9.59 Å². The maximum atomic E-state index is 15.4. The fourth-order valence-electron chi connectivity index (χ4n) is 10.8. The van der Waals surface area contributed by atoms with Gasteiger partial charge < -0.3 is 38.9 Å². The second-order valence-corrected chi connectivity index (χ2v) is 25.8. The lowest BCUT2D eigenvalue weighted by atomic mass is 9.43. The van der Waals surface area contributed by atoms with Gasteiger partial charge in [0.05, 0.1) is 24.1 Å². The number of aliphatic hydroxyl groups excluding tert-OH is 1. The minimum Gasteiger partial charge on any atom is -0.456 e. The summed E-state index contributed by atoms with van der Waals surface area (Å²) in [6, 6.07) is 24.7. The van der Waals surface area contributed by atoms with Crippen molar-refractivity contribution < 1.29 is 57.6 Å². The number of amides is 1. The largest absolute Gasteiger partial charge is 0.456 e. The number of carbonyl (C=O) groups is 5. The Hall–Kier alpha value is -4.99. The topological polar surface area (TPSA) is 184 Å². The van der Waals surface area contributed by atoms with Crippen LogP contribution in [0.3, 0.4) is 0 Å². The van der Waals surface area contributed by atoms with E-state index in [1.165, 1.54) is 6.92 Å². The molecule has 14 heteroatoms. The summed E-state index contributed by atoms with van der Waals surface area (Å²) in [5.41, 5.74) is -5.34. The highest BCUT2D eigenvalue weighted by molar-refractivity contribution is 6.74. The molecule has 354 valence electrons. The molecule has 2 bridgehead atoms. The van der Waals surface area contributed by atoms with Gasteiger partial charge in [0.15, 0.2) is 25.8 Å². The number of benzene rings is 3. The van der Waals surface area contributed by atoms with E-state index in [0.717, 1.165) is 0 Å². The number of aliphatic hydroxyl groups is 2. The van der Waals surface area contributed by atoms with Crippen LogP contribution >= 0.6 is 0 Å². The highest BCUT2D eigenvalue weighted by Gasteiger charge is 2.77. The van der Waals surface area contributed by atoms with Gasteiger partial charge >= 0.3 is 17.9 Å².